The largest absolute Gasteiger partial charge is 0.289 e. The van der Waals surface area contributed by atoms with Gasteiger partial charge in [-0.05, 0) is 37.3 Å². The number of rotatable bonds is 2. The molecule has 2 rings (SSSR count). The van der Waals surface area contributed by atoms with Crippen LogP contribution in [0.4, 0.5) is 0 Å². The highest BCUT2D eigenvalue weighted by Crippen LogP contribution is 2.17. The standard InChI is InChI=1S/C16H21N/c1-13(2)14-8-10-15(11-9-14)16-7-5-3-4-6-12-17-16/h8-11H,1,3-7,12H2,2H3. The number of hydrogen-bond acceptors (Lipinski definition) is 1. The normalized spacial score (nSPS) is 16.9. The highest BCUT2D eigenvalue weighted by atomic mass is 14.7. The van der Waals surface area contributed by atoms with Gasteiger partial charge in [0.2, 0.25) is 0 Å². The Morgan fingerprint density at radius 3 is 2.47 bits per heavy atom. The van der Waals surface area contributed by atoms with Crippen molar-refractivity contribution in [3.8, 4) is 0 Å². The highest BCUT2D eigenvalue weighted by molar-refractivity contribution is 6.00. The Hall–Kier alpha value is -1.37. The second-order valence-corrected chi connectivity index (χ2v) is 4.85. The van der Waals surface area contributed by atoms with E-state index in [0.717, 1.165) is 18.5 Å². The first-order chi connectivity index (χ1) is 8.27. The van der Waals surface area contributed by atoms with E-state index in [0.29, 0.717) is 0 Å². The lowest BCUT2D eigenvalue weighted by Crippen LogP contribution is -2.05. The summed E-state index contributed by atoms with van der Waals surface area (Å²) >= 11 is 0. The van der Waals surface area contributed by atoms with E-state index >= 15 is 0 Å². The molecule has 17 heavy (non-hydrogen) atoms. The van der Waals surface area contributed by atoms with Gasteiger partial charge in [0.15, 0.2) is 0 Å². The van der Waals surface area contributed by atoms with E-state index in [1.54, 1.807) is 0 Å². The smallest absolute Gasteiger partial charge is 0.0420 e. The van der Waals surface area contributed by atoms with E-state index in [-0.39, 0.29) is 0 Å². The molecule has 1 aliphatic rings. The molecule has 1 aliphatic heterocycles. The summed E-state index contributed by atoms with van der Waals surface area (Å²) in [4.78, 5) is 4.72. The lowest BCUT2D eigenvalue weighted by atomic mass is 9.99. The molecule has 1 nitrogen and oxygen atoms in total. The van der Waals surface area contributed by atoms with E-state index in [1.807, 2.05) is 6.92 Å². The molecule has 1 aromatic rings. The van der Waals surface area contributed by atoms with Crippen LogP contribution in [0.2, 0.25) is 0 Å². The summed E-state index contributed by atoms with van der Waals surface area (Å²) in [5.41, 5.74) is 4.92. The summed E-state index contributed by atoms with van der Waals surface area (Å²) in [5.74, 6) is 0. The molecule has 0 unspecified atom stereocenters. The van der Waals surface area contributed by atoms with E-state index in [4.69, 9.17) is 4.99 Å². The number of aliphatic imine (C=N–C) groups is 1. The molecular formula is C16H21N. The summed E-state index contributed by atoms with van der Waals surface area (Å²) in [6.07, 6.45) is 6.34. The van der Waals surface area contributed by atoms with Gasteiger partial charge < -0.3 is 0 Å². The molecule has 0 amide bonds. The quantitative estimate of drug-likeness (QED) is 0.706. The molecule has 0 radical (unpaired) electrons. The number of allylic oxidation sites excluding steroid dienone is 1. The Morgan fingerprint density at radius 2 is 1.76 bits per heavy atom. The molecule has 0 aliphatic carbocycles. The SMILES string of the molecule is C=C(C)c1ccc(C2=NCCCCCC2)cc1. The summed E-state index contributed by atoms with van der Waals surface area (Å²) in [5, 5.41) is 0. The van der Waals surface area contributed by atoms with Crippen LogP contribution < -0.4 is 0 Å². The number of hydrogen-bond donors (Lipinski definition) is 0. The van der Waals surface area contributed by atoms with Crippen molar-refractivity contribution in [3.63, 3.8) is 0 Å². The Kier molecular flexibility index (Phi) is 4.13. The fourth-order valence-corrected chi connectivity index (χ4v) is 2.23. The van der Waals surface area contributed by atoms with Crippen molar-refractivity contribution < 1.29 is 0 Å². The third-order valence-electron chi connectivity index (χ3n) is 3.34. The minimum Gasteiger partial charge on any atom is -0.289 e. The molecule has 0 fully saturated rings. The van der Waals surface area contributed by atoms with Crippen molar-refractivity contribution in [2.45, 2.75) is 39.0 Å². The summed E-state index contributed by atoms with van der Waals surface area (Å²) < 4.78 is 0. The predicted octanol–water partition coefficient (Wildman–Crippen LogP) is 4.47. The molecule has 1 heterocycles. The fraction of sp³-hybridized carbons (Fsp3) is 0.438. The second-order valence-electron chi connectivity index (χ2n) is 4.85. The zero-order valence-electron chi connectivity index (χ0n) is 10.7. The topological polar surface area (TPSA) is 12.4 Å². The average Bonchev–Trinajstić information content (AvgIpc) is 2.29. The van der Waals surface area contributed by atoms with Gasteiger partial charge in [-0.3, -0.25) is 4.99 Å². The Balaban J connectivity index is 2.17. The lowest BCUT2D eigenvalue weighted by molar-refractivity contribution is 0.644. The van der Waals surface area contributed by atoms with E-state index in [1.165, 1.54) is 42.5 Å². The van der Waals surface area contributed by atoms with E-state index in [9.17, 15) is 0 Å². The van der Waals surface area contributed by atoms with Crippen LogP contribution in [0.1, 0.15) is 50.2 Å². The monoisotopic (exact) mass is 227 g/mol. The molecule has 0 saturated carbocycles. The van der Waals surface area contributed by atoms with Gasteiger partial charge in [-0.2, -0.15) is 0 Å². The van der Waals surface area contributed by atoms with Gasteiger partial charge in [0.05, 0.1) is 0 Å². The van der Waals surface area contributed by atoms with Crippen LogP contribution in [-0.4, -0.2) is 12.3 Å². The van der Waals surface area contributed by atoms with E-state index < -0.39 is 0 Å². The van der Waals surface area contributed by atoms with Crippen LogP contribution in [0, 0.1) is 0 Å². The second kappa shape index (κ2) is 5.81. The maximum Gasteiger partial charge on any atom is 0.0420 e. The van der Waals surface area contributed by atoms with Gasteiger partial charge in [-0.15, -0.1) is 0 Å². The van der Waals surface area contributed by atoms with Gasteiger partial charge in [-0.25, -0.2) is 0 Å². The first kappa shape index (κ1) is 12.1. The average molecular weight is 227 g/mol. The third kappa shape index (κ3) is 3.29. The van der Waals surface area contributed by atoms with Crippen molar-refractivity contribution in [1.29, 1.82) is 0 Å². The number of benzene rings is 1. The first-order valence-corrected chi connectivity index (χ1v) is 6.57. The lowest BCUT2D eigenvalue weighted by Gasteiger charge is -2.11. The molecule has 0 spiro atoms. The third-order valence-corrected chi connectivity index (χ3v) is 3.34. The Bertz CT molecular complexity index is 412. The molecule has 1 heteroatoms. The predicted molar refractivity (Wildman–Crippen MR) is 75.6 cm³/mol. The van der Waals surface area contributed by atoms with Crippen LogP contribution in [0.5, 0.6) is 0 Å². The molecular weight excluding hydrogens is 206 g/mol. The van der Waals surface area contributed by atoms with Crippen molar-refractivity contribution in [2.75, 3.05) is 6.54 Å². The molecule has 1 aromatic carbocycles. The molecule has 0 bridgehead atoms. The summed E-state index contributed by atoms with van der Waals surface area (Å²) in [6.45, 7) is 7.01. The van der Waals surface area contributed by atoms with Gasteiger partial charge in [0, 0.05) is 12.3 Å². The minimum atomic E-state index is 0.998. The Labute approximate surface area is 104 Å². The molecule has 0 saturated heterocycles. The van der Waals surface area contributed by atoms with E-state index in [2.05, 4.69) is 30.8 Å². The zero-order chi connectivity index (χ0) is 12.1. The molecule has 90 valence electrons. The highest BCUT2D eigenvalue weighted by Gasteiger charge is 2.06. The Morgan fingerprint density at radius 1 is 1.06 bits per heavy atom. The summed E-state index contributed by atoms with van der Waals surface area (Å²) in [7, 11) is 0. The van der Waals surface area contributed by atoms with Crippen molar-refractivity contribution in [1.82, 2.24) is 0 Å². The van der Waals surface area contributed by atoms with Crippen LogP contribution in [-0.2, 0) is 0 Å². The van der Waals surface area contributed by atoms with Crippen LogP contribution in [0.3, 0.4) is 0 Å². The summed E-state index contributed by atoms with van der Waals surface area (Å²) in [6, 6.07) is 8.67. The fourth-order valence-electron chi connectivity index (χ4n) is 2.23. The van der Waals surface area contributed by atoms with Crippen LogP contribution >= 0.6 is 0 Å². The maximum atomic E-state index is 4.72. The molecule has 0 atom stereocenters. The van der Waals surface area contributed by atoms with Gasteiger partial charge in [0.25, 0.3) is 0 Å². The van der Waals surface area contributed by atoms with Gasteiger partial charge >= 0.3 is 0 Å². The zero-order valence-corrected chi connectivity index (χ0v) is 10.7. The molecule has 0 aromatic heterocycles. The number of nitrogens with zero attached hydrogens (tertiary/aromatic N) is 1. The van der Waals surface area contributed by atoms with Crippen molar-refractivity contribution in [2.24, 2.45) is 4.99 Å². The van der Waals surface area contributed by atoms with Crippen molar-refractivity contribution >= 4 is 11.3 Å². The van der Waals surface area contributed by atoms with Gasteiger partial charge in [-0.1, -0.05) is 49.3 Å². The van der Waals surface area contributed by atoms with Crippen LogP contribution in [0.15, 0.2) is 35.8 Å². The van der Waals surface area contributed by atoms with Crippen LogP contribution in [0.25, 0.3) is 5.57 Å². The minimum absolute atomic E-state index is 0.998. The molecule has 0 N–H and O–H groups in total. The van der Waals surface area contributed by atoms with Gasteiger partial charge in [0.1, 0.15) is 0 Å². The first-order valence-electron chi connectivity index (χ1n) is 6.57. The van der Waals surface area contributed by atoms with Crippen molar-refractivity contribution in [3.05, 3.63) is 42.0 Å². The maximum absolute atomic E-state index is 4.72.